The quantitative estimate of drug-likeness (QED) is 0.342. The molecule has 1 N–H and O–H groups in total. The fourth-order valence-electron chi connectivity index (χ4n) is 3.35. The first-order valence-electron chi connectivity index (χ1n) is 10.5. The van der Waals surface area contributed by atoms with Gasteiger partial charge in [0.2, 0.25) is 0 Å². The van der Waals surface area contributed by atoms with Gasteiger partial charge in [-0.3, -0.25) is 0 Å². The largest absolute Gasteiger partial charge is 0.487 e. The SMILES string of the molecule is C(=C\c1cccc(OCc2nnn[nH]2)c1)/c1cccc(OCc2ccc3ccccc3n2)c1. The smallest absolute Gasteiger partial charge is 0.186 e. The minimum atomic E-state index is 0.283. The Morgan fingerprint density at radius 2 is 1.45 bits per heavy atom. The van der Waals surface area contributed by atoms with Crippen molar-refractivity contribution in [2.24, 2.45) is 0 Å². The minimum Gasteiger partial charge on any atom is -0.487 e. The molecular formula is C26H21N5O2. The van der Waals surface area contributed by atoms with Crippen molar-refractivity contribution in [2.45, 2.75) is 13.2 Å². The van der Waals surface area contributed by atoms with Crippen molar-refractivity contribution in [1.29, 1.82) is 0 Å². The minimum absolute atomic E-state index is 0.283. The topological polar surface area (TPSA) is 85.8 Å². The van der Waals surface area contributed by atoms with Crippen molar-refractivity contribution in [1.82, 2.24) is 25.6 Å². The third kappa shape index (κ3) is 5.40. The summed E-state index contributed by atoms with van der Waals surface area (Å²) in [5.74, 6) is 2.12. The number of aromatic amines is 1. The van der Waals surface area contributed by atoms with Crippen LogP contribution >= 0.6 is 0 Å². The van der Waals surface area contributed by atoms with Gasteiger partial charge < -0.3 is 9.47 Å². The molecule has 162 valence electrons. The fourth-order valence-corrected chi connectivity index (χ4v) is 3.35. The van der Waals surface area contributed by atoms with Crippen molar-refractivity contribution in [3.05, 3.63) is 108 Å². The van der Waals surface area contributed by atoms with Crippen molar-refractivity contribution in [3.8, 4) is 11.5 Å². The van der Waals surface area contributed by atoms with E-state index in [1.165, 1.54) is 0 Å². The second kappa shape index (κ2) is 9.74. The zero-order valence-corrected chi connectivity index (χ0v) is 17.8. The maximum Gasteiger partial charge on any atom is 0.186 e. The highest BCUT2D eigenvalue weighted by Crippen LogP contribution is 2.20. The molecule has 0 spiro atoms. The molecule has 0 saturated heterocycles. The Morgan fingerprint density at radius 3 is 2.18 bits per heavy atom. The van der Waals surface area contributed by atoms with Crippen LogP contribution in [0.3, 0.4) is 0 Å². The second-order valence-electron chi connectivity index (χ2n) is 7.40. The van der Waals surface area contributed by atoms with Crippen LogP contribution in [0.15, 0.2) is 84.9 Å². The highest BCUT2D eigenvalue weighted by molar-refractivity contribution is 5.78. The summed E-state index contributed by atoms with van der Waals surface area (Å²) in [5.41, 5.74) is 3.93. The van der Waals surface area contributed by atoms with E-state index in [0.717, 1.165) is 39.2 Å². The molecular weight excluding hydrogens is 414 g/mol. The number of pyridine rings is 1. The van der Waals surface area contributed by atoms with Crippen LogP contribution in [0, 0.1) is 0 Å². The predicted octanol–water partition coefficient (Wildman–Crippen LogP) is 5.08. The van der Waals surface area contributed by atoms with Gasteiger partial charge in [0.15, 0.2) is 5.82 Å². The van der Waals surface area contributed by atoms with Gasteiger partial charge in [0.1, 0.15) is 24.7 Å². The van der Waals surface area contributed by atoms with Gasteiger partial charge in [-0.1, -0.05) is 60.7 Å². The predicted molar refractivity (Wildman–Crippen MR) is 126 cm³/mol. The zero-order chi connectivity index (χ0) is 22.3. The number of tetrazole rings is 1. The first-order valence-corrected chi connectivity index (χ1v) is 10.5. The van der Waals surface area contributed by atoms with Gasteiger partial charge in [0, 0.05) is 5.39 Å². The van der Waals surface area contributed by atoms with Crippen LogP contribution in [0.1, 0.15) is 22.6 Å². The number of benzene rings is 3. The standard InChI is InChI=1S/C26H21N5O2/c1-2-10-25-21(7-1)13-14-22(27-25)17-32-23-8-3-5-19(15-23)11-12-20-6-4-9-24(16-20)33-18-26-28-30-31-29-26/h1-16H,17-18H2,(H,28,29,30,31)/b12-11+. The monoisotopic (exact) mass is 435 g/mol. The van der Waals surface area contributed by atoms with E-state index in [1.54, 1.807) is 0 Å². The van der Waals surface area contributed by atoms with E-state index in [-0.39, 0.29) is 6.61 Å². The van der Waals surface area contributed by atoms with Crippen molar-refractivity contribution in [2.75, 3.05) is 0 Å². The van der Waals surface area contributed by atoms with Crippen LogP contribution in [-0.2, 0) is 13.2 Å². The van der Waals surface area contributed by atoms with Crippen LogP contribution in [0.2, 0.25) is 0 Å². The van der Waals surface area contributed by atoms with E-state index < -0.39 is 0 Å². The lowest BCUT2D eigenvalue weighted by Crippen LogP contribution is -1.98. The van der Waals surface area contributed by atoms with Gasteiger partial charge in [-0.05, 0) is 58.0 Å². The maximum absolute atomic E-state index is 5.98. The van der Waals surface area contributed by atoms with Crippen molar-refractivity contribution in [3.63, 3.8) is 0 Å². The summed E-state index contributed by atoms with van der Waals surface area (Å²) in [7, 11) is 0. The molecule has 0 aliphatic heterocycles. The van der Waals surface area contributed by atoms with Gasteiger partial charge in [-0.2, -0.15) is 0 Å². The Kier molecular flexibility index (Phi) is 6.02. The number of ether oxygens (including phenoxy) is 2. The molecule has 0 saturated carbocycles. The lowest BCUT2D eigenvalue weighted by molar-refractivity contribution is 0.296. The normalized spacial score (nSPS) is 11.2. The number of nitrogens with one attached hydrogen (secondary N) is 1. The Balaban J connectivity index is 1.22. The van der Waals surface area contributed by atoms with Crippen LogP contribution in [0.4, 0.5) is 0 Å². The second-order valence-corrected chi connectivity index (χ2v) is 7.40. The summed E-state index contributed by atoms with van der Waals surface area (Å²) in [6.45, 7) is 0.698. The molecule has 2 heterocycles. The number of rotatable bonds is 8. The van der Waals surface area contributed by atoms with E-state index >= 15 is 0 Å². The average molecular weight is 435 g/mol. The number of aromatic nitrogens is 5. The number of H-pyrrole nitrogens is 1. The van der Waals surface area contributed by atoms with Crippen LogP contribution < -0.4 is 9.47 Å². The molecule has 0 fully saturated rings. The van der Waals surface area contributed by atoms with E-state index in [0.29, 0.717) is 12.4 Å². The summed E-state index contributed by atoms with van der Waals surface area (Å²) in [6, 6.07) is 27.9. The number of para-hydroxylation sites is 1. The third-order valence-corrected chi connectivity index (χ3v) is 4.99. The van der Waals surface area contributed by atoms with Crippen molar-refractivity contribution >= 4 is 23.1 Å². The molecule has 0 amide bonds. The highest BCUT2D eigenvalue weighted by Gasteiger charge is 2.02. The Hall–Kier alpha value is -4.52. The van der Waals surface area contributed by atoms with Crippen LogP contribution in [0.25, 0.3) is 23.1 Å². The van der Waals surface area contributed by atoms with Gasteiger partial charge in [-0.15, -0.1) is 5.10 Å². The summed E-state index contributed by atoms with van der Waals surface area (Å²) >= 11 is 0. The molecule has 0 atom stereocenters. The highest BCUT2D eigenvalue weighted by atomic mass is 16.5. The molecule has 0 aliphatic rings. The van der Waals surface area contributed by atoms with Crippen molar-refractivity contribution < 1.29 is 9.47 Å². The number of fused-ring (bicyclic) bond motifs is 1. The molecule has 2 aromatic heterocycles. The molecule has 5 rings (SSSR count). The number of hydrogen-bond acceptors (Lipinski definition) is 6. The van der Waals surface area contributed by atoms with E-state index in [1.807, 2.05) is 84.9 Å². The zero-order valence-electron chi connectivity index (χ0n) is 17.8. The molecule has 7 nitrogen and oxygen atoms in total. The summed E-state index contributed by atoms with van der Waals surface area (Å²) in [5, 5.41) is 14.7. The first-order chi connectivity index (χ1) is 16.3. The molecule has 5 aromatic rings. The summed E-state index contributed by atoms with van der Waals surface area (Å²) in [6.07, 6.45) is 4.08. The lowest BCUT2D eigenvalue weighted by Gasteiger charge is -2.07. The molecule has 0 aliphatic carbocycles. The molecule has 3 aromatic carbocycles. The molecule has 0 unspecified atom stereocenters. The van der Waals surface area contributed by atoms with Gasteiger partial charge in [-0.25, -0.2) is 10.1 Å². The first kappa shape index (κ1) is 20.4. The number of nitrogens with zero attached hydrogens (tertiary/aromatic N) is 4. The Bertz CT molecular complexity index is 1380. The third-order valence-electron chi connectivity index (χ3n) is 4.99. The van der Waals surface area contributed by atoms with Gasteiger partial charge in [0.05, 0.1) is 11.2 Å². The Labute approximate surface area is 190 Å². The maximum atomic E-state index is 5.98. The Morgan fingerprint density at radius 1 is 0.727 bits per heavy atom. The molecule has 0 radical (unpaired) electrons. The van der Waals surface area contributed by atoms with Gasteiger partial charge in [0.25, 0.3) is 0 Å². The van der Waals surface area contributed by atoms with E-state index in [2.05, 4.69) is 37.7 Å². The van der Waals surface area contributed by atoms with Gasteiger partial charge >= 0.3 is 0 Å². The lowest BCUT2D eigenvalue weighted by atomic mass is 10.1. The van der Waals surface area contributed by atoms with E-state index in [9.17, 15) is 0 Å². The van der Waals surface area contributed by atoms with Crippen LogP contribution in [-0.4, -0.2) is 25.6 Å². The van der Waals surface area contributed by atoms with Crippen LogP contribution in [0.5, 0.6) is 11.5 Å². The number of hydrogen-bond donors (Lipinski definition) is 1. The average Bonchev–Trinajstić information content (AvgIpc) is 3.39. The van der Waals surface area contributed by atoms with E-state index in [4.69, 9.17) is 9.47 Å². The molecule has 7 heteroatoms. The summed E-state index contributed by atoms with van der Waals surface area (Å²) < 4.78 is 11.7. The summed E-state index contributed by atoms with van der Waals surface area (Å²) in [4.78, 5) is 4.66. The molecule has 33 heavy (non-hydrogen) atoms. The fraction of sp³-hybridized carbons (Fsp3) is 0.0769. The molecule has 0 bridgehead atoms.